The third kappa shape index (κ3) is 6.85. The molecule has 0 aromatic rings. The highest BCUT2D eigenvalue weighted by atomic mass is 16.2. The molecule has 0 spiro atoms. The van der Waals surface area contributed by atoms with Crippen molar-refractivity contribution in [1.29, 1.82) is 0 Å². The molecule has 0 aromatic carbocycles. The van der Waals surface area contributed by atoms with E-state index < -0.39 is 12.1 Å². The lowest BCUT2D eigenvalue weighted by atomic mass is 10.0. The van der Waals surface area contributed by atoms with Crippen LogP contribution in [0.2, 0.25) is 0 Å². The zero-order chi connectivity index (χ0) is 24.0. The van der Waals surface area contributed by atoms with Crippen molar-refractivity contribution in [2.75, 3.05) is 6.54 Å². The first-order valence-electron chi connectivity index (χ1n) is 12.1. The van der Waals surface area contributed by atoms with Gasteiger partial charge in [-0.25, -0.2) is 4.99 Å². The highest BCUT2D eigenvalue weighted by Crippen LogP contribution is 2.18. The van der Waals surface area contributed by atoms with E-state index in [1.165, 1.54) is 0 Å². The number of hydrogen-bond donors (Lipinski definition) is 2. The molecule has 0 aromatic heterocycles. The summed E-state index contributed by atoms with van der Waals surface area (Å²) in [4.78, 5) is 49.6. The third-order valence-corrected chi connectivity index (χ3v) is 6.34. The van der Waals surface area contributed by atoms with Crippen LogP contribution in [0.1, 0.15) is 66.2 Å². The second-order valence-corrected chi connectivity index (χ2v) is 9.63. The number of carbonyl (C=O) groups excluding carboxylic acids is 3. The second-order valence-electron chi connectivity index (χ2n) is 9.63. The monoisotopic (exact) mass is 455 g/mol. The topological polar surface area (TPSA) is 103 Å². The summed E-state index contributed by atoms with van der Waals surface area (Å²) in [6.45, 7) is 8.65. The molecule has 0 saturated carbocycles. The Morgan fingerprint density at radius 3 is 2.64 bits per heavy atom. The van der Waals surface area contributed by atoms with Crippen molar-refractivity contribution in [1.82, 2.24) is 15.5 Å². The quantitative estimate of drug-likeness (QED) is 0.558. The summed E-state index contributed by atoms with van der Waals surface area (Å²) < 4.78 is 0. The van der Waals surface area contributed by atoms with Gasteiger partial charge in [0.05, 0.1) is 18.2 Å². The van der Waals surface area contributed by atoms with Crippen LogP contribution in [0.25, 0.3) is 0 Å². The van der Waals surface area contributed by atoms with E-state index in [9.17, 15) is 14.4 Å². The molecule has 2 heterocycles. The molecule has 3 amide bonds. The fourth-order valence-electron chi connectivity index (χ4n) is 4.28. The fraction of sp³-hybridized carbons (Fsp3) is 0.640. The normalized spacial score (nSPS) is 23.5. The van der Waals surface area contributed by atoms with Gasteiger partial charge in [-0.05, 0) is 51.5 Å². The van der Waals surface area contributed by atoms with Crippen molar-refractivity contribution in [3.05, 3.63) is 24.3 Å². The van der Waals surface area contributed by atoms with Gasteiger partial charge in [-0.1, -0.05) is 32.1 Å². The molecule has 1 aliphatic carbocycles. The minimum atomic E-state index is -0.925. The smallest absolute Gasteiger partial charge is 0.243 e. The molecular formula is C25H37N5O3. The van der Waals surface area contributed by atoms with Crippen LogP contribution >= 0.6 is 0 Å². The van der Waals surface area contributed by atoms with Gasteiger partial charge >= 0.3 is 0 Å². The number of carbonyl (C=O) groups is 3. The van der Waals surface area contributed by atoms with Crippen LogP contribution in [0.4, 0.5) is 0 Å². The maximum atomic E-state index is 13.2. The Morgan fingerprint density at radius 2 is 1.94 bits per heavy atom. The zero-order valence-corrected chi connectivity index (χ0v) is 20.2. The van der Waals surface area contributed by atoms with Crippen LogP contribution in [0.5, 0.6) is 0 Å². The number of nitrogens with zero attached hydrogens (tertiary/aromatic N) is 3. The summed E-state index contributed by atoms with van der Waals surface area (Å²) in [5.41, 5.74) is 0.849. The maximum absolute atomic E-state index is 13.2. The van der Waals surface area contributed by atoms with Gasteiger partial charge in [0.25, 0.3) is 0 Å². The van der Waals surface area contributed by atoms with Crippen molar-refractivity contribution in [3.8, 4) is 0 Å². The molecule has 0 bridgehead atoms. The van der Waals surface area contributed by atoms with Gasteiger partial charge in [0.1, 0.15) is 17.9 Å². The van der Waals surface area contributed by atoms with Crippen molar-refractivity contribution in [3.63, 3.8) is 0 Å². The van der Waals surface area contributed by atoms with Crippen LogP contribution < -0.4 is 10.6 Å². The summed E-state index contributed by atoms with van der Waals surface area (Å²) in [5, 5.41) is 5.72. The number of aliphatic imine (C=N–C) groups is 2. The highest BCUT2D eigenvalue weighted by molar-refractivity contribution is 6.14. The minimum Gasteiger partial charge on any atom is -0.345 e. The van der Waals surface area contributed by atoms with E-state index in [0.29, 0.717) is 24.7 Å². The Kier molecular flexibility index (Phi) is 8.58. The molecule has 2 N–H and O–H groups in total. The number of likely N-dealkylation sites (tertiary alicyclic amines) is 1. The van der Waals surface area contributed by atoms with E-state index >= 15 is 0 Å². The molecule has 0 radical (unpaired) electrons. The lowest BCUT2D eigenvalue weighted by Crippen LogP contribution is -2.53. The number of rotatable bonds is 9. The number of fused-ring (bicyclic) bond motifs is 1. The predicted octanol–water partition coefficient (Wildman–Crippen LogP) is 2.55. The van der Waals surface area contributed by atoms with Crippen LogP contribution in [-0.4, -0.2) is 64.9 Å². The Bertz CT molecular complexity index is 873. The predicted molar refractivity (Wildman–Crippen MR) is 130 cm³/mol. The zero-order valence-electron chi connectivity index (χ0n) is 20.2. The van der Waals surface area contributed by atoms with E-state index in [0.717, 1.165) is 31.4 Å². The number of hydrogen-bond acceptors (Lipinski definition) is 5. The van der Waals surface area contributed by atoms with Crippen molar-refractivity contribution in [2.45, 2.75) is 90.4 Å². The van der Waals surface area contributed by atoms with Gasteiger partial charge in [0, 0.05) is 19.0 Å². The summed E-state index contributed by atoms with van der Waals surface area (Å²) >= 11 is 0. The molecule has 180 valence electrons. The van der Waals surface area contributed by atoms with E-state index in [-0.39, 0.29) is 36.2 Å². The van der Waals surface area contributed by atoms with Gasteiger partial charge in [-0.3, -0.25) is 19.4 Å². The highest BCUT2D eigenvalue weighted by Gasteiger charge is 2.31. The van der Waals surface area contributed by atoms with Gasteiger partial charge in [0.2, 0.25) is 17.7 Å². The Balaban J connectivity index is 1.66. The summed E-state index contributed by atoms with van der Waals surface area (Å²) in [6.07, 6.45) is 11.7. The Labute approximate surface area is 196 Å². The van der Waals surface area contributed by atoms with E-state index in [1.807, 2.05) is 56.9 Å². The van der Waals surface area contributed by atoms with Crippen LogP contribution in [0, 0.1) is 5.92 Å². The summed E-state index contributed by atoms with van der Waals surface area (Å²) in [7, 11) is 0. The fourth-order valence-corrected chi connectivity index (χ4v) is 4.28. The lowest BCUT2D eigenvalue weighted by Gasteiger charge is -2.34. The number of nitrogens with one attached hydrogen (secondary N) is 2. The molecule has 1 saturated heterocycles. The number of allylic oxidation sites excluding steroid dienone is 2. The first-order valence-corrected chi connectivity index (χ1v) is 12.1. The van der Waals surface area contributed by atoms with Crippen molar-refractivity contribution in [2.24, 2.45) is 15.9 Å². The van der Waals surface area contributed by atoms with Crippen molar-refractivity contribution < 1.29 is 14.4 Å². The van der Waals surface area contributed by atoms with Gasteiger partial charge in [-0.15, -0.1) is 0 Å². The molecule has 1 unspecified atom stereocenters. The molecule has 1 fully saturated rings. The Hall–Kier alpha value is -2.77. The molecule has 3 rings (SSSR count). The first kappa shape index (κ1) is 24.9. The molecule has 4 atom stereocenters. The summed E-state index contributed by atoms with van der Waals surface area (Å²) in [6, 6.07) is -1.32. The van der Waals surface area contributed by atoms with E-state index in [4.69, 9.17) is 0 Å². The average Bonchev–Trinajstić information content (AvgIpc) is 3.22. The number of piperidine rings is 1. The molecule has 3 aliphatic rings. The first-order chi connectivity index (χ1) is 15.7. The van der Waals surface area contributed by atoms with Crippen LogP contribution in [0.15, 0.2) is 34.3 Å². The van der Waals surface area contributed by atoms with Crippen LogP contribution in [-0.2, 0) is 14.4 Å². The maximum Gasteiger partial charge on any atom is 0.243 e. The SMILES string of the molecule is CC(C)CCC(=O)N[C@@H](CC(=O)N1CCCC[C@@H]1C)C(=O)N[C@H](C)C1=NC2C=CC=CC2=N1. The van der Waals surface area contributed by atoms with Crippen molar-refractivity contribution >= 4 is 29.3 Å². The minimum absolute atomic E-state index is 0.0502. The molecule has 2 aliphatic heterocycles. The summed E-state index contributed by atoms with van der Waals surface area (Å²) in [5.74, 6) is 0.224. The molecule has 33 heavy (non-hydrogen) atoms. The van der Waals surface area contributed by atoms with Gasteiger partial charge < -0.3 is 15.5 Å². The molecule has 8 nitrogen and oxygen atoms in total. The van der Waals surface area contributed by atoms with Crippen LogP contribution in [0.3, 0.4) is 0 Å². The Morgan fingerprint density at radius 1 is 1.15 bits per heavy atom. The molecule has 8 heteroatoms. The largest absolute Gasteiger partial charge is 0.345 e. The standard InChI is InChI=1S/C25H37N5O3/c1-16(2)12-13-22(31)27-21(15-23(32)30-14-8-7-9-17(30)3)25(33)26-18(4)24-28-19-10-5-6-11-20(19)29-24/h5-6,10-11,16-19,21H,7-9,12-15H2,1-4H3,(H,26,33)(H,27,31)/t17-,18+,19?,21-/m0/s1. The second kappa shape index (κ2) is 11.4. The third-order valence-electron chi connectivity index (χ3n) is 6.34. The number of amides is 3. The average molecular weight is 456 g/mol. The van der Waals surface area contributed by atoms with E-state index in [2.05, 4.69) is 20.6 Å². The lowest BCUT2D eigenvalue weighted by molar-refractivity contribution is -0.138. The molecular weight excluding hydrogens is 418 g/mol. The van der Waals surface area contributed by atoms with Gasteiger partial charge in [0.15, 0.2) is 0 Å². The van der Waals surface area contributed by atoms with E-state index in [1.54, 1.807) is 0 Å². The van der Waals surface area contributed by atoms with Gasteiger partial charge in [-0.2, -0.15) is 0 Å². The number of amidine groups is 1.